The number of likely N-dealkylation sites (tertiary alicyclic amines) is 1. The second-order valence-electron chi connectivity index (χ2n) is 8.52. The van der Waals surface area contributed by atoms with Crippen molar-refractivity contribution < 1.29 is 4.74 Å². The molecule has 0 spiro atoms. The molecule has 2 aromatic heterocycles. The lowest BCUT2D eigenvalue weighted by Gasteiger charge is -2.35. The predicted molar refractivity (Wildman–Crippen MR) is 124 cm³/mol. The zero-order valence-corrected chi connectivity index (χ0v) is 19.8. The van der Waals surface area contributed by atoms with Crippen molar-refractivity contribution in [1.29, 1.82) is 0 Å². The Bertz CT molecular complexity index is 856. The Morgan fingerprint density at radius 2 is 2.16 bits per heavy atom. The molecule has 1 unspecified atom stereocenters. The number of morpholine rings is 1. The summed E-state index contributed by atoms with van der Waals surface area (Å²) in [5.41, 5.74) is 2.34. The zero-order chi connectivity index (χ0) is 21.6. The first-order valence-electron chi connectivity index (χ1n) is 11.4. The van der Waals surface area contributed by atoms with Crippen LogP contribution >= 0.6 is 11.3 Å². The molecule has 4 heterocycles. The molecule has 4 rings (SSSR count). The molecule has 2 aliphatic heterocycles. The number of aromatic nitrogens is 3. The summed E-state index contributed by atoms with van der Waals surface area (Å²) < 4.78 is 7.84. The summed E-state index contributed by atoms with van der Waals surface area (Å²) in [4.78, 5) is 14.5. The van der Waals surface area contributed by atoms with Gasteiger partial charge in [-0.2, -0.15) is 5.10 Å². The number of nitrogens with zero attached hydrogens (tertiary/aromatic N) is 6. The molecular formula is C22H35N7OS. The summed E-state index contributed by atoms with van der Waals surface area (Å²) in [7, 11) is 1.94. The van der Waals surface area contributed by atoms with Crippen LogP contribution < -0.4 is 5.32 Å². The van der Waals surface area contributed by atoms with E-state index in [0.717, 1.165) is 62.3 Å². The number of ether oxygens (including phenoxy) is 1. The van der Waals surface area contributed by atoms with E-state index in [4.69, 9.17) is 9.73 Å². The summed E-state index contributed by atoms with van der Waals surface area (Å²) in [6.45, 7) is 11.6. The van der Waals surface area contributed by atoms with E-state index >= 15 is 0 Å². The third-order valence-electron chi connectivity index (χ3n) is 6.06. The Morgan fingerprint density at radius 1 is 1.32 bits per heavy atom. The van der Waals surface area contributed by atoms with E-state index < -0.39 is 0 Å². The van der Waals surface area contributed by atoms with Crippen molar-refractivity contribution in [3.05, 3.63) is 34.0 Å². The summed E-state index contributed by atoms with van der Waals surface area (Å²) in [6.07, 6.45) is 6.39. The fourth-order valence-electron chi connectivity index (χ4n) is 4.33. The number of guanidine groups is 1. The van der Waals surface area contributed by atoms with Crippen LogP contribution in [0.25, 0.3) is 0 Å². The third kappa shape index (κ3) is 6.05. The number of hydrogen-bond donors (Lipinski definition) is 1. The summed E-state index contributed by atoms with van der Waals surface area (Å²) in [5.74, 6) is 1.66. The first-order valence-corrected chi connectivity index (χ1v) is 12.3. The first kappa shape index (κ1) is 22.2. The van der Waals surface area contributed by atoms with Gasteiger partial charge in [0.05, 0.1) is 30.1 Å². The fourth-order valence-corrected chi connectivity index (χ4v) is 4.93. The number of rotatable bonds is 6. The van der Waals surface area contributed by atoms with E-state index in [9.17, 15) is 0 Å². The lowest BCUT2D eigenvalue weighted by molar-refractivity contribution is -0.00808. The lowest BCUT2D eigenvalue weighted by Crippen LogP contribution is -2.48. The molecule has 2 aliphatic rings. The van der Waals surface area contributed by atoms with Gasteiger partial charge in [0.25, 0.3) is 0 Å². The van der Waals surface area contributed by atoms with Crippen LogP contribution in [0, 0.1) is 12.8 Å². The minimum atomic E-state index is 0.0453. The molecule has 170 valence electrons. The highest BCUT2D eigenvalue weighted by Gasteiger charge is 2.26. The van der Waals surface area contributed by atoms with Gasteiger partial charge in [-0.1, -0.05) is 0 Å². The van der Waals surface area contributed by atoms with Gasteiger partial charge < -0.3 is 15.0 Å². The second-order valence-corrected chi connectivity index (χ2v) is 9.59. The maximum atomic E-state index is 6.00. The van der Waals surface area contributed by atoms with Crippen molar-refractivity contribution in [3.63, 3.8) is 0 Å². The van der Waals surface area contributed by atoms with E-state index in [1.807, 2.05) is 24.1 Å². The van der Waals surface area contributed by atoms with E-state index in [2.05, 4.69) is 44.4 Å². The SMILES string of the molecule is CCNC(=NCC1CCN(Cc2csc(C)n2)CC1)N1CCOC(c2cnn(C)c2)C1. The molecule has 1 atom stereocenters. The second kappa shape index (κ2) is 10.6. The molecule has 0 bridgehead atoms. The van der Waals surface area contributed by atoms with Crippen LogP contribution in [-0.4, -0.2) is 76.4 Å². The standard InChI is InChI=1S/C22H35N7OS/c1-4-23-22(29-9-10-30-21(15-29)19-12-25-27(3)13-19)24-11-18-5-7-28(8-6-18)14-20-16-31-17(2)26-20/h12-13,16,18,21H,4-11,14-15H2,1-3H3,(H,23,24). The molecule has 0 radical (unpaired) electrons. The lowest BCUT2D eigenvalue weighted by atomic mass is 9.97. The van der Waals surface area contributed by atoms with Crippen molar-refractivity contribution in [2.45, 2.75) is 39.3 Å². The van der Waals surface area contributed by atoms with Gasteiger partial charge in [0, 0.05) is 50.4 Å². The van der Waals surface area contributed by atoms with E-state index in [1.54, 1.807) is 11.3 Å². The third-order valence-corrected chi connectivity index (χ3v) is 6.88. The number of thiazole rings is 1. The van der Waals surface area contributed by atoms with Gasteiger partial charge in [-0.15, -0.1) is 11.3 Å². The van der Waals surface area contributed by atoms with Crippen molar-refractivity contribution in [2.24, 2.45) is 18.0 Å². The Kier molecular flexibility index (Phi) is 7.58. The Hall–Kier alpha value is -1.97. The summed E-state index contributed by atoms with van der Waals surface area (Å²) >= 11 is 1.74. The van der Waals surface area contributed by atoms with Crippen LogP contribution in [0.15, 0.2) is 22.8 Å². The maximum Gasteiger partial charge on any atom is 0.194 e. The van der Waals surface area contributed by atoms with Gasteiger partial charge in [0.15, 0.2) is 5.96 Å². The molecule has 9 heteroatoms. The predicted octanol–water partition coefficient (Wildman–Crippen LogP) is 2.44. The van der Waals surface area contributed by atoms with Crippen molar-refractivity contribution >= 4 is 17.3 Å². The molecule has 0 aromatic carbocycles. The van der Waals surface area contributed by atoms with Crippen LogP contribution in [0.1, 0.15) is 42.1 Å². The highest BCUT2D eigenvalue weighted by atomic mass is 32.1. The largest absolute Gasteiger partial charge is 0.370 e. The summed E-state index contributed by atoms with van der Waals surface area (Å²) in [6, 6.07) is 0. The fraction of sp³-hybridized carbons (Fsp3) is 0.682. The molecule has 2 saturated heterocycles. The monoisotopic (exact) mass is 445 g/mol. The highest BCUT2D eigenvalue weighted by Crippen LogP contribution is 2.23. The van der Waals surface area contributed by atoms with Gasteiger partial charge in [0.2, 0.25) is 0 Å². The molecular weight excluding hydrogens is 410 g/mol. The number of nitrogens with one attached hydrogen (secondary N) is 1. The minimum Gasteiger partial charge on any atom is -0.370 e. The Morgan fingerprint density at radius 3 is 2.84 bits per heavy atom. The quantitative estimate of drug-likeness (QED) is 0.544. The van der Waals surface area contributed by atoms with Crippen LogP contribution in [0.5, 0.6) is 0 Å². The molecule has 0 amide bonds. The molecule has 1 N–H and O–H groups in total. The molecule has 2 fully saturated rings. The van der Waals surface area contributed by atoms with Gasteiger partial charge in [-0.3, -0.25) is 14.6 Å². The van der Waals surface area contributed by atoms with Crippen molar-refractivity contribution in [1.82, 2.24) is 29.9 Å². The maximum absolute atomic E-state index is 6.00. The van der Waals surface area contributed by atoms with Crippen molar-refractivity contribution in [2.75, 3.05) is 45.9 Å². The van der Waals surface area contributed by atoms with Crippen LogP contribution in [0.3, 0.4) is 0 Å². The molecule has 0 aliphatic carbocycles. The summed E-state index contributed by atoms with van der Waals surface area (Å²) in [5, 5.41) is 11.1. The van der Waals surface area contributed by atoms with Crippen molar-refractivity contribution in [3.8, 4) is 0 Å². The highest BCUT2D eigenvalue weighted by molar-refractivity contribution is 7.09. The number of aliphatic imine (C=N–C) groups is 1. The van der Waals surface area contributed by atoms with Crippen LogP contribution in [-0.2, 0) is 18.3 Å². The average molecular weight is 446 g/mol. The van der Waals surface area contributed by atoms with Gasteiger partial charge >= 0.3 is 0 Å². The Balaban J connectivity index is 1.29. The van der Waals surface area contributed by atoms with E-state index in [1.165, 1.54) is 18.5 Å². The van der Waals surface area contributed by atoms with E-state index in [0.29, 0.717) is 12.5 Å². The minimum absolute atomic E-state index is 0.0453. The average Bonchev–Trinajstić information content (AvgIpc) is 3.40. The van der Waals surface area contributed by atoms with Crippen LogP contribution in [0.2, 0.25) is 0 Å². The number of piperidine rings is 1. The molecule has 31 heavy (non-hydrogen) atoms. The number of aryl methyl sites for hydroxylation is 2. The number of hydrogen-bond acceptors (Lipinski definition) is 6. The first-order chi connectivity index (χ1) is 15.1. The van der Waals surface area contributed by atoms with Gasteiger partial charge in [-0.25, -0.2) is 4.98 Å². The zero-order valence-electron chi connectivity index (χ0n) is 19.0. The van der Waals surface area contributed by atoms with Gasteiger partial charge in [-0.05, 0) is 45.7 Å². The molecule has 0 saturated carbocycles. The van der Waals surface area contributed by atoms with Crippen LogP contribution in [0.4, 0.5) is 0 Å². The Labute approximate surface area is 189 Å². The van der Waals surface area contributed by atoms with Gasteiger partial charge in [0.1, 0.15) is 6.10 Å². The molecule has 8 nitrogen and oxygen atoms in total. The molecule has 2 aromatic rings. The smallest absolute Gasteiger partial charge is 0.194 e. The topological polar surface area (TPSA) is 70.8 Å². The van der Waals surface area contributed by atoms with E-state index in [-0.39, 0.29) is 6.10 Å². The normalized spacial score (nSPS) is 21.6.